The molecule has 5 nitrogen and oxygen atoms in total. The number of carbonyl (C=O) groups excluding carboxylic acids is 1. The third-order valence-electron chi connectivity index (χ3n) is 3.57. The molecule has 5 heteroatoms. The van der Waals surface area contributed by atoms with E-state index in [9.17, 15) is 4.79 Å². The van der Waals surface area contributed by atoms with Crippen LogP contribution in [0.4, 0.5) is 0 Å². The molecule has 0 radical (unpaired) electrons. The first-order valence-corrected chi connectivity index (χ1v) is 7.42. The highest BCUT2D eigenvalue weighted by molar-refractivity contribution is 5.76. The predicted octanol–water partition coefficient (Wildman–Crippen LogP) is 2.78. The number of hydrogen-bond acceptors (Lipinski definition) is 3. The van der Waals surface area contributed by atoms with E-state index in [0.717, 1.165) is 22.7 Å². The van der Waals surface area contributed by atoms with Gasteiger partial charge in [0.05, 0.1) is 18.8 Å². The number of aromatic nitrogens is 2. The van der Waals surface area contributed by atoms with Gasteiger partial charge in [-0.3, -0.25) is 9.48 Å². The van der Waals surface area contributed by atoms with Gasteiger partial charge in [0.2, 0.25) is 5.91 Å². The molecule has 0 saturated heterocycles. The van der Waals surface area contributed by atoms with Crippen molar-refractivity contribution in [3.8, 4) is 5.75 Å². The van der Waals surface area contributed by atoms with E-state index in [1.807, 2.05) is 55.8 Å². The molecule has 0 aliphatic heterocycles. The molecule has 1 atom stereocenters. The van der Waals surface area contributed by atoms with Crippen LogP contribution in [0.25, 0.3) is 0 Å². The smallest absolute Gasteiger partial charge is 0.222 e. The summed E-state index contributed by atoms with van der Waals surface area (Å²) >= 11 is 0. The summed E-state index contributed by atoms with van der Waals surface area (Å²) in [6.07, 6.45) is 0.409. The Hall–Kier alpha value is -2.30. The van der Waals surface area contributed by atoms with Gasteiger partial charge < -0.3 is 10.1 Å². The van der Waals surface area contributed by atoms with Gasteiger partial charge >= 0.3 is 0 Å². The molecule has 0 spiro atoms. The lowest BCUT2D eigenvalue weighted by molar-refractivity contribution is -0.122. The van der Waals surface area contributed by atoms with Crippen LogP contribution in [-0.2, 0) is 11.3 Å². The van der Waals surface area contributed by atoms with Crippen LogP contribution in [0.3, 0.4) is 0 Å². The molecule has 1 aromatic heterocycles. The van der Waals surface area contributed by atoms with Gasteiger partial charge in [-0.2, -0.15) is 5.10 Å². The Morgan fingerprint density at radius 1 is 1.36 bits per heavy atom. The molecule has 2 rings (SSSR count). The van der Waals surface area contributed by atoms with Gasteiger partial charge in [0, 0.05) is 18.7 Å². The Bertz CT molecular complexity index is 649. The number of methoxy groups -OCH3 is 1. The maximum Gasteiger partial charge on any atom is 0.222 e. The first-order chi connectivity index (χ1) is 10.5. The standard InChI is InChI=1S/C17H23N3O2/c1-12-8-13(2)20(19-12)14(3)9-17(21)18-11-15-6-5-7-16(10-15)22-4/h5-8,10,14H,9,11H2,1-4H3,(H,18,21)/t14-/m0/s1. The highest BCUT2D eigenvalue weighted by Crippen LogP contribution is 2.15. The van der Waals surface area contributed by atoms with Crippen molar-refractivity contribution in [2.75, 3.05) is 7.11 Å². The van der Waals surface area contributed by atoms with Crippen molar-refractivity contribution in [3.63, 3.8) is 0 Å². The van der Waals surface area contributed by atoms with Crippen LogP contribution in [0.2, 0.25) is 0 Å². The van der Waals surface area contributed by atoms with Crippen molar-refractivity contribution in [2.24, 2.45) is 0 Å². The maximum atomic E-state index is 12.1. The zero-order valence-electron chi connectivity index (χ0n) is 13.6. The van der Waals surface area contributed by atoms with E-state index >= 15 is 0 Å². The van der Waals surface area contributed by atoms with Crippen molar-refractivity contribution in [3.05, 3.63) is 47.3 Å². The van der Waals surface area contributed by atoms with Crippen LogP contribution in [0, 0.1) is 13.8 Å². The highest BCUT2D eigenvalue weighted by Gasteiger charge is 2.13. The van der Waals surface area contributed by atoms with Crippen molar-refractivity contribution in [2.45, 2.75) is 39.8 Å². The highest BCUT2D eigenvalue weighted by atomic mass is 16.5. The predicted molar refractivity (Wildman–Crippen MR) is 85.9 cm³/mol. The van der Waals surface area contributed by atoms with Gasteiger partial charge in [0.25, 0.3) is 0 Å². The molecule has 0 unspecified atom stereocenters. The number of nitrogens with one attached hydrogen (secondary N) is 1. The van der Waals surface area contributed by atoms with Crippen LogP contribution >= 0.6 is 0 Å². The Morgan fingerprint density at radius 2 is 2.14 bits per heavy atom. The van der Waals surface area contributed by atoms with Gasteiger partial charge in [-0.25, -0.2) is 0 Å². The Morgan fingerprint density at radius 3 is 2.77 bits per heavy atom. The number of aryl methyl sites for hydroxylation is 2. The Labute approximate surface area is 131 Å². The van der Waals surface area contributed by atoms with E-state index in [2.05, 4.69) is 10.4 Å². The third kappa shape index (κ3) is 4.10. The van der Waals surface area contributed by atoms with Gasteiger partial charge in [-0.1, -0.05) is 12.1 Å². The van der Waals surface area contributed by atoms with E-state index in [0.29, 0.717) is 13.0 Å². The van der Waals surface area contributed by atoms with Crippen LogP contribution in [0.15, 0.2) is 30.3 Å². The van der Waals surface area contributed by atoms with Gasteiger partial charge in [-0.05, 0) is 44.5 Å². The summed E-state index contributed by atoms with van der Waals surface area (Å²) in [5, 5.41) is 7.37. The summed E-state index contributed by atoms with van der Waals surface area (Å²) in [7, 11) is 1.63. The summed E-state index contributed by atoms with van der Waals surface area (Å²) in [5.41, 5.74) is 3.07. The number of hydrogen-bond donors (Lipinski definition) is 1. The summed E-state index contributed by atoms with van der Waals surface area (Å²) < 4.78 is 7.08. The number of amides is 1. The lowest BCUT2D eigenvalue weighted by Crippen LogP contribution is -2.26. The van der Waals surface area contributed by atoms with Crippen molar-refractivity contribution in [1.82, 2.24) is 15.1 Å². The summed E-state index contributed by atoms with van der Waals surface area (Å²) in [5.74, 6) is 0.811. The van der Waals surface area contributed by atoms with E-state index in [1.54, 1.807) is 7.11 Å². The number of rotatable bonds is 6. The topological polar surface area (TPSA) is 56.1 Å². The van der Waals surface area contributed by atoms with Gasteiger partial charge in [0.15, 0.2) is 0 Å². The normalized spacial score (nSPS) is 12.0. The quantitative estimate of drug-likeness (QED) is 0.892. The van der Waals surface area contributed by atoms with Crippen LogP contribution in [0.1, 0.15) is 36.3 Å². The Balaban J connectivity index is 1.88. The third-order valence-corrected chi connectivity index (χ3v) is 3.57. The van der Waals surface area contributed by atoms with E-state index in [-0.39, 0.29) is 11.9 Å². The second-order valence-electron chi connectivity index (χ2n) is 5.55. The second kappa shape index (κ2) is 7.11. The van der Waals surface area contributed by atoms with E-state index < -0.39 is 0 Å². The number of carbonyl (C=O) groups is 1. The average Bonchev–Trinajstić information content (AvgIpc) is 2.84. The van der Waals surface area contributed by atoms with Gasteiger partial charge in [-0.15, -0.1) is 0 Å². The summed E-state index contributed by atoms with van der Waals surface area (Å²) in [4.78, 5) is 12.1. The van der Waals surface area contributed by atoms with E-state index in [1.165, 1.54) is 0 Å². The molecule has 0 aliphatic rings. The Kier molecular flexibility index (Phi) is 5.20. The van der Waals surface area contributed by atoms with Crippen LogP contribution in [0.5, 0.6) is 5.75 Å². The molecule has 118 valence electrons. The van der Waals surface area contributed by atoms with Gasteiger partial charge in [0.1, 0.15) is 5.75 Å². The minimum absolute atomic E-state index is 0.0165. The molecule has 0 saturated carbocycles. The fraction of sp³-hybridized carbons (Fsp3) is 0.412. The SMILES string of the molecule is COc1cccc(CNC(=O)C[C@H](C)n2nc(C)cc2C)c1. The van der Waals surface area contributed by atoms with Crippen molar-refractivity contribution >= 4 is 5.91 Å². The molecule has 0 fully saturated rings. The fourth-order valence-corrected chi connectivity index (χ4v) is 2.50. The summed E-state index contributed by atoms with van der Waals surface area (Å²) in [6, 6.07) is 9.75. The fourth-order valence-electron chi connectivity index (χ4n) is 2.50. The molecular formula is C17H23N3O2. The number of ether oxygens (including phenoxy) is 1. The monoisotopic (exact) mass is 301 g/mol. The number of benzene rings is 1. The van der Waals surface area contributed by atoms with Crippen LogP contribution in [-0.4, -0.2) is 22.8 Å². The van der Waals surface area contributed by atoms with Crippen molar-refractivity contribution < 1.29 is 9.53 Å². The first-order valence-electron chi connectivity index (χ1n) is 7.42. The zero-order chi connectivity index (χ0) is 16.1. The molecule has 2 aromatic rings. The largest absolute Gasteiger partial charge is 0.497 e. The lowest BCUT2D eigenvalue weighted by atomic mass is 10.2. The number of nitrogens with zero attached hydrogens (tertiary/aromatic N) is 2. The molecule has 1 heterocycles. The molecule has 0 bridgehead atoms. The van der Waals surface area contributed by atoms with Crippen LogP contribution < -0.4 is 10.1 Å². The molecule has 22 heavy (non-hydrogen) atoms. The van der Waals surface area contributed by atoms with Crippen molar-refractivity contribution in [1.29, 1.82) is 0 Å². The molecule has 1 aromatic carbocycles. The summed E-state index contributed by atoms with van der Waals surface area (Å²) in [6.45, 7) is 6.47. The molecule has 1 amide bonds. The lowest BCUT2D eigenvalue weighted by Gasteiger charge is -2.14. The minimum atomic E-state index is 0.0165. The van der Waals surface area contributed by atoms with E-state index in [4.69, 9.17) is 4.74 Å². The maximum absolute atomic E-state index is 12.1. The molecular weight excluding hydrogens is 278 g/mol. The minimum Gasteiger partial charge on any atom is -0.497 e. The second-order valence-corrected chi connectivity index (χ2v) is 5.55. The zero-order valence-corrected chi connectivity index (χ0v) is 13.6. The molecule has 1 N–H and O–H groups in total. The average molecular weight is 301 g/mol. The first kappa shape index (κ1) is 16.1. The molecule has 0 aliphatic carbocycles.